The summed E-state index contributed by atoms with van der Waals surface area (Å²) in [6.07, 6.45) is 0.509. The van der Waals surface area contributed by atoms with Crippen molar-refractivity contribution >= 4 is 51.6 Å². The molecule has 2 aromatic carbocycles. The molecule has 0 heterocycles. The highest BCUT2D eigenvalue weighted by molar-refractivity contribution is 14.0. The zero-order valence-electron chi connectivity index (χ0n) is 15.3. The van der Waals surface area contributed by atoms with Crippen molar-refractivity contribution in [2.24, 2.45) is 4.99 Å². The zero-order chi connectivity index (χ0) is 19.7. The number of sulfonamides is 1. The summed E-state index contributed by atoms with van der Waals surface area (Å²) < 4.78 is 40.4. The smallest absolute Gasteiger partial charge is 0.240 e. The lowest BCUT2D eigenvalue weighted by Gasteiger charge is -2.13. The Hall–Kier alpha value is -1.43. The molecule has 10 heteroatoms. The van der Waals surface area contributed by atoms with E-state index in [0.29, 0.717) is 36.1 Å². The summed E-state index contributed by atoms with van der Waals surface area (Å²) in [7, 11) is -2.02. The third-order valence-electron chi connectivity index (χ3n) is 3.68. The van der Waals surface area contributed by atoms with Crippen molar-refractivity contribution in [3.05, 3.63) is 64.9 Å². The minimum atomic E-state index is -3.62. The first-order chi connectivity index (χ1) is 12.9. The Morgan fingerprint density at radius 1 is 1.07 bits per heavy atom. The molecule has 0 radical (unpaired) electrons. The maximum Gasteiger partial charge on any atom is 0.240 e. The summed E-state index contributed by atoms with van der Waals surface area (Å²) in [6.45, 7) is 0.997. The second-order valence-corrected chi connectivity index (χ2v) is 7.83. The van der Waals surface area contributed by atoms with Crippen LogP contribution in [0, 0.1) is 5.82 Å². The molecule has 0 aromatic heterocycles. The molecule has 3 N–H and O–H groups in total. The number of nitrogens with one attached hydrogen (secondary N) is 3. The molecule has 154 valence electrons. The van der Waals surface area contributed by atoms with E-state index < -0.39 is 10.0 Å². The Labute approximate surface area is 187 Å². The van der Waals surface area contributed by atoms with E-state index in [1.165, 1.54) is 18.2 Å². The second-order valence-electron chi connectivity index (χ2n) is 5.62. The van der Waals surface area contributed by atoms with Gasteiger partial charge in [-0.25, -0.2) is 17.5 Å². The topological polar surface area (TPSA) is 82.6 Å². The SMILES string of the molecule is CN=C(NCCNS(=O)(=O)c1cccc(Cl)c1)NCCc1ccccc1F.I. The number of halogens is 3. The molecule has 0 aliphatic rings. The largest absolute Gasteiger partial charge is 0.356 e. The Morgan fingerprint density at radius 2 is 1.79 bits per heavy atom. The van der Waals surface area contributed by atoms with Crippen molar-refractivity contribution in [1.29, 1.82) is 0 Å². The Bertz CT molecular complexity index is 897. The lowest BCUT2D eigenvalue weighted by molar-refractivity contribution is 0.580. The summed E-state index contributed by atoms with van der Waals surface area (Å²) >= 11 is 5.82. The first-order valence-electron chi connectivity index (χ1n) is 8.35. The molecule has 0 aliphatic heterocycles. The van der Waals surface area contributed by atoms with Gasteiger partial charge < -0.3 is 10.6 Å². The van der Waals surface area contributed by atoms with Crippen molar-refractivity contribution in [2.75, 3.05) is 26.7 Å². The van der Waals surface area contributed by atoms with Crippen LogP contribution in [0.5, 0.6) is 0 Å². The molecule has 2 rings (SSSR count). The van der Waals surface area contributed by atoms with Crippen molar-refractivity contribution in [3.63, 3.8) is 0 Å². The molecule has 2 aromatic rings. The van der Waals surface area contributed by atoms with E-state index in [4.69, 9.17) is 11.6 Å². The number of aliphatic imine (C=N–C) groups is 1. The van der Waals surface area contributed by atoms with Crippen LogP contribution < -0.4 is 15.4 Å². The normalized spacial score (nSPS) is 11.6. The van der Waals surface area contributed by atoms with Gasteiger partial charge in [0.25, 0.3) is 0 Å². The van der Waals surface area contributed by atoms with E-state index in [-0.39, 0.29) is 41.2 Å². The molecule has 0 saturated heterocycles. The fourth-order valence-electron chi connectivity index (χ4n) is 2.32. The van der Waals surface area contributed by atoms with Crippen LogP contribution in [0.25, 0.3) is 0 Å². The van der Waals surface area contributed by atoms with Crippen LogP contribution in [0.3, 0.4) is 0 Å². The van der Waals surface area contributed by atoms with Crippen LogP contribution in [0.1, 0.15) is 5.56 Å². The van der Waals surface area contributed by atoms with E-state index in [0.717, 1.165) is 0 Å². The van der Waals surface area contributed by atoms with E-state index in [1.54, 1.807) is 37.4 Å². The molecule has 0 bridgehead atoms. The summed E-state index contributed by atoms with van der Waals surface area (Å²) in [5.41, 5.74) is 0.620. The number of guanidine groups is 1. The minimum Gasteiger partial charge on any atom is -0.356 e. The van der Waals surface area contributed by atoms with Crippen molar-refractivity contribution in [2.45, 2.75) is 11.3 Å². The molecule has 0 unspecified atom stereocenters. The van der Waals surface area contributed by atoms with E-state index >= 15 is 0 Å². The van der Waals surface area contributed by atoms with Crippen LogP contribution in [0.4, 0.5) is 4.39 Å². The lowest BCUT2D eigenvalue weighted by Crippen LogP contribution is -2.42. The van der Waals surface area contributed by atoms with Crippen molar-refractivity contribution in [3.8, 4) is 0 Å². The Balaban J connectivity index is 0.00000392. The number of hydrogen-bond donors (Lipinski definition) is 3. The highest BCUT2D eigenvalue weighted by Gasteiger charge is 2.13. The zero-order valence-corrected chi connectivity index (χ0v) is 19.2. The lowest BCUT2D eigenvalue weighted by atomic mass is 10.1. The third-order valence-corrected chi connectivity index (χ3v) is 5.38. The molecule has 28 heavy (non-hydrogen) atoms. The highest BCUT2D eigenvalue weighted by atomic mass is 127. The fourth-order valence-corrected chi connectivity index (χ4v) is 3.65. The van der Waals surface area contributed by atoms with Gasteiger partial charge in [-0.05, 0) is 36.2 Å². The van der Waals surface area contributed by atoms with Gasteiger partial charge in [0.05, 0.1) is 4.90 Å². The van der Waals surface area contributed by atoms with Gasteiger partial charge in [0.2, 0.25) is 10.0 Å². The summed E-state index contributed by atoms with van der Waals surface area (Å²) in [6, 6.07) is 12.7. The number of hydrogen-bond acceptors (Lipinski definition) is 3. The van der Waals surface area contributed by atoms with E-state index in [2.05, 4.69) is 20.3 Å². The molecule has 6 nitrogen and oxygen atoms in total. The predicted molar refractivity (Wildman–Crippen MR) is 122 cm³/mol. The summed E-state index contributed by atoms with van der Waals surface area (Å²) in [4.78, 5) is 4.16. The van der Waals surface area contributed by atoms with Gasteiger partial charge in [-0.2, -0.15) is 0 Å². The van der Waals surface area contributed by atoms with Crippen molar-refractivity contribution in [1.82, 2.24) is 15.4 Å². The third kappa shape index (κ3) is 7.90. The second kappa shape index (κ2) is 12.2. The highest BCUT2D eigenvalue weighted by Crippen LogP contribution is 2.14. The van der Waals surface area contributed by atoms with Gasteiger partial charge in [-0.1, -0.05) is 35.9 Å². The molecule has 0 atom stereocenters. The summed E-state index contributed by atoms with van der Waals surface area (Å²) in [5.74, 6) is 0.269. The number of nitrogens with zero attached hydrogens (tertiary/aromatic N) is 1. The molecule has 0 saturated carbocycles. The maximum absolute atomic E-state index is 13.6. The van der Waals surface area contributed by atoms with E-state index in [1.807, 2.05) is 0 Å². The van der Waals surface area contributed by atoms with Gasteiger partial charge in [0.1, 0.15) is 5.82 Å². The van der Waals surface area contributed by atoms with Crippen LogP contribution >= 0.6 is 35.6 Å². The average molecular weight is 541 g/mol. The van der Waals surface area contributed by atoms with Crippen molar-refractivity contribution < 1.29 is 12.8 Å². The number of rotatable bonds is 8. The van der Waals surface area contributed by atoms with Gasteiger partial charge >= 0.3 is 0 Å². The Morgan fingerprint density at radius 3 is 2.46 bits per heavy atom. The van der Waals surface area contributed by atoms with Crippen LogP contribution in [0.15, 0.2) is 58.4 Å². The predicted octanol–water partition coefficient (Wildman–Crippen LogP) is 2.78. The molecule has 0 amide bonds. The van der Waals surface area contributed by atoms with Gasteiger partial charge in [0.15, 0.2) is 5.96 Å². The maximum atomic E-state index is 13.6. The van der Waals surface area contributed by atoms with Gasteiger partial charge in [-0.3, -0.25) is 4.99 Å². The van der Waals surface area contributed by atoms with Crippen LogP contribution in [0.2, 0.25) is 5.02 Å². The average Bonchev–Trinajstić information content (AvgIpc) is 2.65. The monoisotopic (exact) mass is 540 g/mol. The Kier molecular flexibility index (Phi) is 10.7. The first kappa shape index (κ1) is 24.6. The first-order valence-corrected chi connectivity index (χ1v) is 10.2. The number of benzene rings is 2. The molecule has 0 spiro atoms. The quantitative estimate of drug-likeness (QED) is 0.208. The van der Waals surface area contributed by atoms with Gasteiger partial charge in [-0.15, -0.1) is 24.0 Å². The van der Waals surface area contributed by atoms with Crippen LogP contribution in [-0.2, 0) is 16.4 Å². The molecule has 0 fully saturated rings. The van der Waals surface area contributed by atoms with Gasteiger partial charge in [0, 0.05) is 31.7 Å². The molecular formula is C18H23ClFIN4O2S. The standard InChI is InChI=1S/C18H22ClFN4O2S.HI/c1-21-18(22-10-9-14-5-2-3-8-17(14)20)23-11-12-24-27(25,26)16-7-4-6-15(19)13-16;/h2-8,13,24H,9-12H2,1H3,(H2,21,22,23);1H. The molecular weight excluding hydrogens is 518 g/mol. The van der Waals surface area contributed by atoms with E-state index in [9.17, 15) is 12.8 Å². The van der Waals surface area contributed by atoms with Crippen LogP contribution in [-0.4, -0.2) is 41.1 Å². The summed E-state index contributed by atoms with van der Waals surface area (Å²) in [5, 5.41) is 6.41. The molecule has 0 aliphatic carbocycles. The minimum absolute atomic E-state index is 0. The fraction of sp³-hybridized carbons (Fsp3) is 0.278.